The van der Waals surface area contributed by atoms with Crippen LogP contribution in [-0.4, -0.2) is 63.2 Å². The number of ether oxygens (including phenoxy) is 2. The summed E-state index contributed by atoms with van der Waals surface area (Å²) in [5.41, 5.74) is 3.59. The van der Waals surface area contributed by atoms with Crippen molar-refractivity contribution in [2.75, 3.05) is 51.8 Å². The number of hydrogen-bond donors (Lipinski definition) is 2. The van der Waals surface area contributed by atoms with Gasteiger partial charge in [-0.25, -0.2) is 0 Å². The number of quaternary nitrogens is 1. The van der Waals surface area contributed by atoms with E-state index in [2.05, 4.69) is 5.32 Å². The van der Waals surface area contributed by atoms with Gasteiger partial charge in [0, 0.05) is 11.3 Å². The molecule has 2 aromatic carbocycles. The minimum Gasteiger partial charge on any atom is -0.493 e. The maximum Gasteiger partial charge on any atom is 0.279 e. The number of hydrogen-bond acceptors (Lipinski definition) is 4. The van der Waals surface area contributed by atoms with Gasteiger partial charge in [0.25, 0.3) is 11.8 Å². The fraction of sp³-hybridized carbons (Fsp3) is 0.417. The van der Waals surface area contributed by atoms with Gasteiger partial charge < -0.3 is 24.6 Å². The number of amides is 2. The molecule has 1 aliphatic rings. The topological polar surface area (TPSA) is 72.3 Å². The predicted molar refractivity (Wildman–Crippen MR) is 120 cm³/mol. The molecular weight excluding hydrogens is 394 g/mol. The van der Waals surface area contributed by atoms with Gasteiger partial charge in [0.15, 0.2) is 18.0 Å². The molecule has 1 aliphatic heterocycles. The molecule has 0 spiro atoms. The average molecular weight is 427 g/mol. The number of carbonyl (C=O) groups excluding carboxylic acids is 2. The Hall–Kier alpha value is -3.06. The third kappa shape index (κ3) is 5.55. The quantitative estimate of drug-likeness (QED) is 0.707. The molecule has 7 heteroatoms. The van der Waals surface area contributed by atoms with Crippen molar-refractivity contribution in [1.82, 2.24) is 4.90 Å². The molecule has 0 bridgehead atoms. The van der Waals surface area contributed by atoms with Crippen LogP contribution in [0.4, 0.5) is 5.69 Å². The highest BCUT2D eigenvalue weighted by molar-refractivity contribution is 5.95. The van der Waals surface area contributed by atoms with Crippen molar-refractivity contribution in [3.63, 3.8) is 0 Å². The summed E-state index contributed by atoms with van der Waals surface area (Å²) in [7, 11) is 1.57. The third-order valence-electron chi connectivity index (χ3n) is 5.62. The van der Waals surface area contributed by atoms with E-state index in [0.29, 0.717) is 43.3 Å². The lowest BCUT2D eigenvalue weighted by atomic mass is 10.1. The van der Waals surface area contributed by atoms with Gasteiger partial charge in [-0.15, -0.1) is 0 Å². The zero-order valence-electron chi connectivity index (χ0n) is 18.8. The van der Waals surface area contributed by atoms with E-state index in [0.717, 1.165) is 29.9 Å². The van der Waals surface area contributed by atoms with Crippen molar-refractivity contribution < 1.29 is 24.0 Å². The monoisotopic (exact) mass is 426 g/mol. The third-order valence-corrected chi connectivity index (χ3v) is 5.62. The smallest absolute Gasteiger partial charge is 0.279 e. The highest BCUT2D eigenvalue weighted by Gasteiger charge is 2.26. The number of aryl methyl sites for hydroxylation is 2. The molecule has 1 heterocycles. The Kier molecular flexibility index (Phi) is 7.52. The van der Waals surface area contributed by atoms with Crippen molar-refractivity contribution in [3.05, 3.63) is 53.1 Å². The minimum absolute atomic E-state index is 0.00317. The van der Waals surface area contributed by atoms with Gasteiger partial charge in [-0.05, 0) is 50.1 Å². The molecule has 166 valence electrons. The van der Waals surface area contributed by atoms with Crippen LogP contribution in [0, 0.1) is 13.8 Å². The first kappa shape index (κ1) is 22.6. The van der Waals surface area contributed by atoms with Gasteiger partial charge >= 0.3 is 0 Å². The van der Waals surface area contributed by atoms with Crippen molar-refractivity contribution in [3.8, 4) is 11.5 Å². The summed E-state index contributed by atoms with van der Waals surface area (Å²) in [5.74, 6) is 1.16. The number of nitrogens with one attached hydrogen (secondary N) is 2. The largest absolute Gasteiger partial charge is 0.493 e. The van der Waals surface area contributed by atoms with Crippen LogP contribution >= 0.6 is 0 Å². The lowest BCUT2D eigenvalue weighted by Gasteiger charge is -2.32. The lowest BCUT2D eigenvalue weighted by Crippen LogP contribution is -3.15. The summed E-state index contributed by atoms with van der Waals surface area (Å²) in [6.07, 6.45) is 0. The van der Waals surface area contributed by atoms with Gasteiger partial charge in [-0.1, -0.05) is 18.2 Å². The molecular formula is C24H32N3O4+. The second-order valence-corrected chi connectivity index (χ2v) is 7.83. The standard InChI is InChI=1S/C24H31N3O4/c1-5-31-20-10-9-19(15-21(20)30-4)24(29)27-13-11-26(12-14-27)16-22(28)25-23-17(2)7-6-8-18(23)3/h6-10,15H,5,11-14,16H2,1-4H3,(H,25,28)/p+1. The number of para-hydroxylation sites is 1. The molecule has 0 atom stereocenters. The Morgan fingerprint density at radius 1 is 1.06 bits per heavy atom. The molecule has 2 aromatic rings. The Morgan fingerprint density at radius 2 is 1.74 bits per heavy atom. The summed E-state index contributed by atoms with van der Waals surface area (Å²) in [5, 5.41) is 3.05. The summed E-state index contributed by atoms with van der Waals surface area (Å²) >= 11 is 0. The molecule has 0 saturated carbocycles. The van der Waals surface area contributed by atoms with Crippen molar-refractivity contribution >= 4 is 17.5 Å². The van der Waals surface area contributed by atoms with Gasteiger partial charge in [0.1, 0.15) is 0 Å². The van der Waals surface area contributed by atoms with E-state index in [1.54, 1.807) is 25.3 Å². The molecule has 0 aromatic heterocycles. The van der Waals surface area contributed by atoms with Crippen LogP contribution in [0.3, 0.4) is 0 Å². The molecule has 0 unspecified atom stereocenters. The zero-order valence-corrected chi connectivity index (χ0v) is 18.8. The minimum atomic E-state index is -0.0274. The highest BCUT2D eigenvalue weighted by Crippen LogP contribution is 2.28. The molecule has 3 rings (SSSR count). The average Bonchev–Trinajstić information content (AvgIpc) is 2.77. The van der Waals surface area contributed by atoms with E-state index >= 15 is 0 Å². The summed E-state index contributed by atoms with van der Waals surface area (Å²) < 4.78 is 10.9. The molecule has 2 amide bonds. The SMILES string of the molecule is CCOc1ccc(C(=O)N2CC[NH+](CC(=O)Nc3c(C)cccc3C)CC2)cc1OC. The van der Waals surface area contributed by atoms with E-state index < -0.39 is 0 Å². The van der Waals surface area contributed by atoms with Gasteiger partial charge in [0.2, 0.25) is 0 Å². The fourth-order valence-corrected chi connectivity index (χ4v) is 3.88. The zero-order chi connectivity index (χ0) is 22.4. The second-order valence-electron chi connectivity index (χ2n) is 7.83. The van der Waals surface area contributed by atoms with Crippen molar-refractivity contribution in [2.24, 2.45) is 0 Å². The number of benzene rings is 2. The first-order chi connectivity index (χ1) is 14.9. The van der Waals surface area contributed by atoms with Crippen LogP contribution in [-0.2, 0) is 4.79 Å². The van der Waals surface area contributed by atoms with E-state index in [4.69, 9.17) is 9.47 Å². The first-order valence-electron chi connectivity index (χ1n) is 10.7. The van der Waals surface area contributed by atoms with Crippen LogP contribution in [0.25, 0.3) is 0 Å². The van der Waals surface area contributed by atoms with Crippen molar-refractivity contribution in [1.29, 1.82) is 0 Å². The van der Waals surface area contributed by atoms with E-state index in [-0.39, 0.29) is 11.8 Å². The normalized spacial score (nSPS) is 14.3. The number of piperazine rings is 1. The Morgan fingerprint density at radius 3 is 2.35 bits per heavy atom. The Labute approximate surface area is 183 Å². The number of carbonyl (C=O) groups is 2. The molecule has 2 N–H and O–H groups in total. The Balaban J connectivity index is 1.54. The first-order valence-corrected chi connectivity index (χ1v) is 10.7. The van der Waals surface area contributed by atoms with Crippen LogP contribution < -0.4 is 19.7 Å². The summed E-state index contributed by atoms with van der Waals surface area (Å²) in [6, 6.07) is 11.2. The highest BCUT2D eigenvalue weighted by atomic mass is 16.5. The van der Waals surface area contributed by atoms with E-state index in [1.807, 2.05) is 43.9 Å². The van der Waals surface area contributed by atoms with E-state index in [1.165, 1.54) is 4.90 Å². The van der Waals surface area contributed by atoms with Gasteiger partial charge in [-0.3, -0.25) is 9.59 Å². The van der Waals surface area contributed by atoms with Crippen LogP contribution in [0.2, 0.25) is 0 Å². The molecule has 7 nitrogen and oxygen atoms in total. The van der Waals surface area contributed by atoms with Gasteiger partial charge in [-0.2, -0.15) is 0 Å². The molecule has 0 aliphatic carbocycles. The Bertz CT molecular complexity index is 916. The van der Waals surface area contributed by atoms with Gasteiger partial charge in [0.05, 0.1) is 39.9 Å². The summed E-state index contributed by atoms with van der Waals surface area (Å²) in [6.45, 7) is 9.52. The molecule has 0 radical (unpaired) electrons. The maximum absolute atomic E-state index is 12.9. The van der Waals surface area contributed by atoms with Crippen LogP contribution in [0.1, 0.15) is 28.4 Å². The molecule has 1 fully saturated rings. The van der Waals surface area contributed by atoms with Crippen LogP contribution in [0.5, 0.6) is 11.5 Å². The molecule has 1 saturated heterocycles. The number of rotatable bonds is 7. The summed E-state index contributed by atoms with van der Waals surface area (Å²) in [4.78, 5) is 28.5. The molecule has 31 heavy (non-hydrogen) atoms. The number of methoxy groups -OCH3 is 1. The predicted octanol–water partition coefficient (Wildman–Crippen LogP) is 1.69. The second kappa shape index (κ2) is 10.3. The van der Waals surface area contributed by atoms with Crippen molar-refractivity contribution in [2.45, 2.75) is 20.8 Å². The fourth-order valence-electron chi connectivity index (χ4n) is 3.88. The lowest BCUT2D eigenvalue weighted by molar-refractivity contribution is -0.895. The van der Waals surface area contributed by atoms with E-state index in [9.17, 15) is 9.59 Å². The van der Waals surface area contributed by atoms with Crippen LogP contribution in [0.15, 0.2) is 36.4 Å². The maximum atomic E-state index is 12.9. The number of anilines is 1. The number of nitrogens with zero attached hydrogens (tertiary/aromatic N) is 1.